The van der Waals surface area contributed by atoms with Crippen LogP contribution in [0.4, 0.5) is 0 Å². The van der Waals surface area contributed by atoms with Crippen LogP contribution in [0.2, 0.25) is 0 Å². The SMILES string of the molecule is CN(C(=O)C1CNC1)[C@H]1CCSC1. The van der Waals surface area contributed by atoms with Crippen LogP contribution in [0.3, 0.4) is 0 Å². The van der Waals surface area contributed by atoms with E-state index in [9.17, 15) is 4.79 Å². The van der Waals surface area contributed by atoms with Crippen molar-refractivity contribution >= 4 is 17.7 Å². The van der Waals surface area contributed by atoms with Gasteiger partial charge in [-0.05, 0) is 12.2 Å². The van der Waals surface area contributed by atoms with Crippen LogP contribution in [0.25, 0.3) is 0 Å². The monoisotopic (exact) mass is 200 g/mol. The fourth-order valence-electron chi connectivity index (χ4n) is 1.76. The molecule has 2 saturated heterocycles. The quantitative estimate of drug-likeness (QED) is 0.689. The molecule has 0 aromatic heterocycles. The summed E-state index contributed by atoms with van der Waals surface area (Å²) in [4.78, 5) is 13.8. The average Bonchev–Trinajstić information content (AvgIpc) is 2.51. The van der Waals surface area contributed by atoms with Crippen LogP contribution in [0.15, 0.2) is 0 Å². The Hall–Kier alpha value is -0.220. The number of carbonyl (C=O) groups excluding carboxylic acids is 1. The van der Waals surface area contributed by atoms with E-state index in [-0.39, 0.29) is 5.92 Å². The minimum atomic E-state index is 0.260. The number of thioether (sulfide) groups is 1. The van der Waals surface area contributed by atoms with E-state index in [0.717, 1.165) is 18.8 Å². The maximum Gasteiger partial charge on any atom is 0.228 e. The third-order valence-electron chi connectivity index (χ3n) is 2.93. The van der Waals surface area contributed by atoms with Crippen LogP contribution in [-0.2, 0) is 4.79 Å². The van der Waals surface area contributed by atoms with Gasteiger partial charge in [0.05, 0.1) is 5.92 Å². The minimum Gasteiger partial charge on any atom is -0.342 e. The van der Waals surface area contributed by atoms with Gasteiger partial charge in [0.1, 0.15) is 0 Å². The highest BCUT2D eigenvalue weighted by molar-refractivity contribution is 7.99. The second kappa shape index (κ2) is 3.88. The molecule has 0 saturated carbocycles. The molecule has 2 rings (SSSR count). The molecule has 0 radical (unpaired) electrons. The van der Waals surface area contributed by atoms with Gasteiger partial charge < -0.3 is 10.2 Å². The largest absolute Gasteiger partial charge is 0.342 e. The molecule has 74 valence electrons. The van der Waals surface area contributed by atoms with Crippen molar-refractivity contribution in [2.45, 2.75) is 12.5 Å². The number of amides is 1. The van der Waals surface area contributed by atoms with Crippen LogP contribution in [0.5, 0.6) is 0 Å². The summed E-state index contributed by atoms with van der Waals surface area (Å²) in [5.41, 5.74) is 0. The molecule has 2 fully saturated rings. The molecule has 4 heteroatoms. The summed E-state index contributed by atoms with van der Waals surface area (Å²) in [5.74, 6) is 2.94. The van der Waals surface area contributed by atoms with Crippen molar-refractivity contribution in [1.82, 2.24) is 10.2 Å². The normalized spacial score (nSPS) is 28.5. The molecule has 0 aromatic rings. The molecular weight excluding hydrogens is 184 g/mol. The minimum absolute atomic E-state index is 0.260. The Balaban J connectivity index is 1.87. The third kappa shape index (κ3) is 1.83. The van der Waals surface area contributed by atoms with Crippen molar-refractivity contribution in [2.24, 2.45) is 5.92 Å². The first kappa shape index (κ1) is 9.34. The highest BCUT2D eigenvalue weighted by atomic mass is 32.2. The number of hydrogen-bond acceptors (Lipinski definition) is 3. The Bertz CT molecular complexity index is 200. The van der Waals surface area contributed by atoms with E-state index in [1.165, 1.54) is 12.2 Å². The molecule has 0 bridgehead atoms. The predicted octanol–water partition coefficient (Wildman–Crippen LogP) is 0.170. The Kier molecular flexibility index (Phi) is 2.79. The standard InChI is InChI=1S/C9H16N2OS/c1-11(8-2-3-13-6-8)9(12)7-4-10-5-7/h7-8,10H,2-6H2,1H3/t8-/m0/s1. The van der Waals surface area contributed by atoms with E-state index in [1.807, 2.05) is 23.7 Å². The van der Waals surface area contributed by atoms with Crippen molar-refractivity contribution in [3.05, 3.63) is 0 Å². The van der Waals surface area contributed by atoms with E-state index in [4.69, 9.17) is 0 Å². The van der Waals surface area contributed by atoms with Gasteiger partial charge in [0.15, 0.2) is 0 Å². The maximum atomic E-state index is 11.8. The van der Waals surface area contributed by atoms with Gasteiger partial charge in [-0.3, -0.25) is 4.79 Å². The van der Waals surface area contributed by atoms with E-state index in [1.54, 1.807) is 0 Å². The van der Waals surface area contributed by atoms with Gasteiger partial charge in [-0.25, -0.2) is 0 Å². The van der Waals surface area contributed by atoms with Crippen LogP contribution >= 0.6 is 11.8 Å². The van der Waals surface area contributed by atoms with Gasteiger partial charge >= 0.3 is 0 Å². The van der Waals surface area contributed by atoms with E-state index < -0.39 is 0 Å². The number of hydrogen-bond donors (Lipinski definition) is 1. The lowest BCUT2D eigenvalue weighted by atomic mass is 10.0. The molecule has 1 atom stereocenters. The molecule has 1 N–H and O–H groups in total. The maximum absolute atomic E-state index is 11.8. The molecule has 0 aromatic carbocycles. The zero-order valence-corrected chi connectivity index (χ0v) is 8.77. The zero-order valence-electron chi connectivity index (χ0n) is 7.95. The predicted molar refractivity (Wildman–Crippen MR) is 54.9 cm³/mol. The first-order chi connectivity index (χ1) is 6.29. The first-order valence-electron chi connectivity index (χ1n) is 4.84. The number of rotatable bonds is 2. The van der Waals surface area contributed by atoms with Crippen LogP contribution in [0.1, 0.15) is 6.42 Å². The van der Waals surface area contributed by atoms with Crippen molar-refractivity contribution in [1.29, 1.82) is 0 Å². The second-order valence-corrected chi connectivity index (χ2v) is 4.97. The summed E-state index contributed by atoms with van der Waals surface area (Å²) < 4.78 is 0. The van der Waals surface area contributed by atoms with Gasteiger partial charge in [-0.1, -0.05) is 0 Å². The molecule has 2 aliphatic heterocycles. The number of nitrogens with zero attached hydrogens (tertiary/aromatic N) is 1. The molecule has 0 unspecified atom stereocenters. The molecule has 2 heterocycles. The molecule has 3 nitrogen and oxygen atoms in total. The van der Waals surface area contributed by atoms with Gasteiger partial charge in [0.2, 0.25) is 5.91 Å². The zero-order chi connectivity index (χ0) is 9.26. The summed E-state index contributed by atoms with van der Waals surface area (Å²) in [5, 5.41) is 3.13. The number of carbonyl (C=O) groups is 1. The van der Waals surface area contributed by atoms with Gasteiger partial charge in [0.25, 0.3) is 0 Å². The molecule has 1 amide bonds. The second-order valence-electron chi connectivity index (χ2n) is 3.82. The van der Waals surface area contributed by atoms with Gasteiger partial charge in [-0.15, -0.1) is 0 Å². The fraction of sp³-hybridized carbons (Fsp3) is 0.889. The summed E-state index contributed by atoms with van der Waals surface area (Å²) in [6, 6.07) is 0.498. The lowest BCUT2D eigenvalue weighted by Gasteiger charge is -2.33. The lowest BCUT2D eigenvalue weighted by molar-refractivity contribution is -0.137. The average molecular weight is 200 g/mol. The highest BCUT2D eigenvalue weighted by Crippen LogP contribution is 2.22. The Morgan fingerprint density at radius 1 is 1.54 bits per heavy atom. The van der Waals surface area contributed by atoms with E-state index in [0.29, 0.717) is 11.9 Å². The Morgan fingerprint density at radius 2 is 2.31 bits per heavy atom. The fourth-order valence-corrected chi connectivity index (χ4v) is 3.03. The van der Waals surface area contributed by atoms with Crippen molar-refractivity contribution in [3.63, 3.8) is 0 Å². The third-order valence-corrected chi connectivity index (χ3v) is 4.08. The van der Waals surface area contributed by atoms with E-state index >= 15 is 0 Å². The topological polar surface area (TPSA) is 32.3 Å². The van der Waals surface area contributed by atoms with Crippen LogP contribution < -0.4 is 5.32 Å². The summed E-state index contributed by atoms with van der Waals surface area (Å²) >= 11 is 1.96. The summed E-state index contributed by atoms with van der Waals surface area (Å²) in [6.45, 7) is 1.76. The summed E-state index contributed by atoms with van der Waals surface area (Å²) in [7, 11) is 1.96. The molecule has 0 spiro atoms. The Labute approximate surface area is 83.2 Å². The summed E-state index contributed by atoms with van der Waals surface area (Å²) in [6.07, 6.45) is 1.17. The molecule has 13 heavy (non-hydrogen) atoms. The first-order valence-corrected chi connectivity index (χ1v) is 5.99. The molecule has 0 aliphatic carbocycles. The van der Waals surface area contributed by atoms with Gasteiger partial charge in [0, 0.05) is 31.9 Å². The number of nitrogens with one attached hydrogen (secondary N) is 1. The molecule has 2 aliphatic rings. The smallest absolute Gasteiger partial charge is 0.228 e. The van der Waals surface area contributed by atoms with Crippen LogP contribution in [0, 0.1) is 5.92 Å². The van der Waals surface area contributed by atoms with Crippen LogP contribution in [-0.4, -0.2) is 48.5 Å². The van der Waals surface area contributed by atoms with Gasteiger partial charge in [-0.2, -0.15) is 11.8 Å². The highest BCUT2D eigenvalue weighted by Gasteiger charge is 2.31. The Morgan fingerprint density at radius 3 is 2.77 bits per heavy atom. The van der Waals surface area contributed by atoms with Crippen molar-refractivity contribution in [3.8, 4) is 0 Å². The van der Waals surface area contributed by atoms with E-state index in [2.05, 4.69) is 5.32 Å². The van der Waals surface area contributed by atoms with Crippen molar-refractivity contribution < 1.29 is 4.79 Å². The lowest BCUT2D eigenvalue weighted by Crippen LogP contribution is -2.53. The molecular formula is C9H16N2OS. The van der Waals surface area contributed by atoms with Crippen molar-refractivity contribution in [2.75, 3.05) is 31.6 Å².